The standard InChI is InChI=1S/C15H20N4/c1-11-12(13-5-3-4-6-14(13)18-11)7-8-16-15-17-9-10-19(15)2/h3-6,18H,7-10H2,1-2H3,(H,16,17). The largest absolute Gasteiger partial charge is 0.358 e. The Morgan fingerprint density at radius 1 is 1.37 bits per heavy atom. The number of H-pyrrole nitrogens is 1. The molecule has 2 heterocycles. The van der Waals surface area contributed by atoms with Gasteiger partial charge < -0.3 is 15.2 Å². The number of likely N-dealkylation sites (N-methyl/N-ethyl adjacent to an activating group) is 1. The molecule has 4 heteroatoms. The zero-order valence-electron chi connectivity index (χ0n) is 11.5. The highest BCUT2D eigenvalue weighted by molar-refractivity contribution is 5.85. The molecule has 0 atom stereocenters. The minimum absolute atomic E-state index is 0.908. The number of aryl methyl sites for hydroxylation is 1. The first-order valence-electron chi connectivity index (χ1n) is 6.81. The predicted molar refractivity (Wildman–Crippen MR) is 79.7 cm³/mol. The normalized spacial score (nSPS) is 15.1. The third-order valence-corrected chi connectivity index (χ3v) is 3.74. The lowest BCUT2D eigenvalue weighted by molar-refractivity contribution is 0.534. The van der Waals surface area contributed by atoms with E-state index >= 15 is 0 Å². The second-order valence-electron chi connectivity index (χ2n) is 5.08. The highest BCUT2D eigenvalue weighted by atomic mass is 15.3. The summed E-state index contributed by atoms with van der Waals surface area (Å²) in [5.41, 5.74) is 3.90. The lowest BCUT2D eigenvalue weighted by Crippen LogP contribution is -2.36. The molecule has 0 unspecified atom stereocenters. The van der Waals surface area contributed by atoms with Crippen LogP contribution >= 0.6 is 0 Å². The van der Waals surface area contributed by atoms with E-state index < -0.39 is 0 Å². The van der Waals surface area contributed by atoms with Gasteiger partial charge in [0.1, 0.15) is 0 Å². The fourth-order valence-corrected chi connectivity index (χ4v) is 2.68. The minimum Gasteiger partial charge on any atom is -0.358 e. The lowest BCUT2D eigenvalue weighted by atomic mass is 10.1. The first-order chi connectivity index (χ1) is 9.25. The molecule has 0 radical (unpaired) electrons. The van der Waals surface area contributed by atoms with Gasteiger partial charge in [0.2, 0.25) is 0 Å². The van der Waals surface area contributed by atoms with Gasteiger partial charge in [-0.1, -0.05) is 18.2 Å². The third kappa shape index (κ3) is 2.30. The van der Waals surface area contributed by atoms with Crippen LogP contribution in [0.2, 0.25) is 0 Å². The van der Waals surface area contributed by atoms with Crippen molar-refractivity contribution in [2.24, 2.45) is 4.99 Å². The van der Waals surface area contributed by atoms with Crippen molar-refractivity contribution < 1.29 is 0 Å². The summed E-state index contributed by atoms with van der Waals surface area (Å²) in [6, 6.07) is 8.49. The number of guanidine groups is 1. The number of fused-ring (bicyclic) bond motifs is 1. The Morgan fingerprint density at radius 3 is 3.00 bits per heavy atom. The molecule has 4 nitrogen and oxygen atoms in total. The highest BCUT2D eigenvalue weighted by Gasteiger charge is 2.12. The van der Waals surface area contributed by atoms with E-state index in [1.54, 1.807) is 0 Å². The summed E-state index contributed by atoms with van der Waals surface area (Å²) in [7, 11) is 2.08. The van der Waals surface area contributed by atoms with E-state index in [1.807, 2.05) is 0 Å². The number of hydrogen-bond donors (Lipinski definition) is 2. The van der Waals surface area contributed by atoms with Gasteiger partial charge in [-0.05, 0) is 25.0 Å². The van der Waals surface area contributed by atoms with Gasteiger partial charge in [0.15, 0.2) is 5.96 Å². The Hall–Kier alpha value is -1.97. The second kappa shape index (κ2) is 4.96. The van der Waals surface area contributed by atoms with Crippen molar-refractivity contribution in [3.05, 3.63) is 35.5 Å². The smallest absolute Gasteiger partial charge is 0.193 e. The summed E-state index contributed by atoms with van der Waals surface area (Å²) in [5.74, 6) is 1.03. The summed E-state index contributed by atoms with van der Waals surface area (Å²) in [5, 5.41) is 4.76. The summed E-state index contributed by atoms with van der Waals surface area (Å²) in [4.78, 5) is 10.1. The Kier molecular flexibility index (Phi) is 3.15. The van der Waals surface area contributed by atoms with Gasteiger partial charge in [0, 0.05) is 36.7 Å². The van der Waals surface area contributed by atoms with Crippen LogP contribution in [0.4, 0.5) is 0 Å². The van der Waals surface area contributed by atoms with Gasteiger partial charge in [-0.2, -0.15) is 0 Å². The van der Waals surface area contributed by atoms with E-state index in [2.05, 4.69) is 58.4 Å². The topological polar surface area (TPSA) is 43.4 Å². The van der Waals surface area contributed by atoms with E-state index in [1.165, 1.54) is 22.2 Å². The molecule has 0 aliphatic carbocycles. The average molecular weight is 256 g/mol. The molecule has 0 saturated carbocycles. The summed E-state index contributed by atoms with van der Waals surface area (Å²) in [6.45, 7) is 5.00. The third-order valence-electron chi connectivity index (χ3n) is 3.74. The van der Waals surface area contributed by atoms with Crippen molar-refractivity contribution in [3.63, 3.8) is 0 Å². The number of nitrogens with one attached hydrogen (secondary N) is 2. The van der Waals surface area contributed by atoms with Crippen LogP contribution in [0.1, 0.15) is 11.3 Å². The van der Waals surface area contributed by atoms with E-state index in [4.69, 9.17) is 0 Å². The number of rotatable bonds is 3. The second-order valence-corrected chi connectivity index (χ2v) is 5.08. The Morgan fingerprint density at radius 2 is 2.21 bits per heavy atom. The van der Waals surface area contributed by atoms with Crippen LogP contribution in [0.25, 0.3) is 10.9 Å². The number of aliphatic imine (C=N–C) groups is 1. The highest BCUT2D eigenvalue weighted by Crippen LogP contribution is 2.21. The summed E-state index contributed by atoms with van der Waals surface area (Å²) in [6.07, 6.45) is 1.02. The molecule has 2 aromatic rings. The molecule has 0 bridgehead atoms. The molecule has 1 aromatic carbocycles. The quantitative estimate of drug-likeness (QED) is 0.881. The van der Waals surface area contributed by atoms with Crippen LogP contribution in [-0.2, 0) is 6.42 Å². The number of aromatic amines is 1. The van der Waals surface area contributed by atoms with Gasteiger partial charge in [-0.3, -0.25) is 4.99 Å². The minimum atomic E-state index is 0.908. The number of benzene rings is 1. The predicted octanol–water partition coefficient (Wildman–Crippen LogP) is 1.91. The number of nitrogens with zero attached hydrogens (tertiary/aromatic N) is 2. The molecule has 2 N–H and O–H groups in total. The number of aromatic nitrogens is 1. The van der Waals surface area contributed by atoms with Crippen molar-refractivity contribution >= 4 is 16.9 Å². The van der Waals surface area contributed by atoms with Crippen LogP contribution in [0.15, 0.2) is 29.3 Å². The van der Waals surface area contributed by atoms with Gasteiger partial charge in [0.25, 0.3) is 0 Å². The fraction of sp³-hybridized carbons (Fsp3) is 0.400. The van der Waals surface area contributed by atoms with Gasteiger partial charge in [0.05, 0.1) is 6.54 Å². The first kappa shape index (κ1) is 12.1. The van der Waals surface area contributed by atoms with Gasteiger partial charge in [-0.15, -0.1) is 0 Å². The van der Waals surface area contributed by atoms with E-state index in [0.717, 1.165) is 32.0 Å². The summed E-state index contributed by atoms with van der Waals surface area (Å²) >= 11 is 0. The zero-order chi connectivity index (χ0) is 13.2. The van der Waals surface area contributed by atoms with Crippen LogP contribution in [0.3, 0.4) is 0 Å². The molecule has 19 heavy (non-hydrogen) atoms. The van der Waals surface area contributed by atoms with Crippen LogP contribution in [-0.4, -0.2) is 42.5 Å². The van der Waals surface area contributed by atoms with Crippen LogP contribution in [0, 0.1) is 6.92 Å². The van der Waals surface area contributed by atoms with E-state index in [9.17, 15) is 0 Å². The van der Waals surface area contributed by atoms with E-state index in [0.29, 0.717) is 0 Å². The maximum atomic E-state index is 4.44. The van der Waals surface area contributed by atoms with Gasteiger partial charge >= 0.3 is 0 Å². The molecular formula is C15H20N4. The van der Waals surface area contributed by atoms with Crippen molar-refractivity contribution in [2.75, 3.05) is 26.7 Å². The Bertz CT molecular complexity index is 612. The zero-order valence-corrected chi connectivity index (χ0v) is 11.5. The van der Waals surface area contributed by atoms with Crippen LogP contribution in [0.5, 0.6) is 0 Å². The molecule has 3 rings (SSSR count). The van der Waals surface area contributed by atoms with Crippen molar-refractivity contribution in [1.82, 2.24) is 15.2 Å². The number of hydrogen-bond acceptors (Lipinski definition) is 3. The maximum Gasteiger partial charge on any atom is 0.193 e. The van der Waals surface area contributed by atoms with Crippen molar-refractivity contribution in [1.29, 1.82) is 0 Å². The average Bonchev–Trinajstić information content (AvgIpc) is 2.94. The number of para-hydroxylation sites is 1. The molecule has 1 aromatic heterocycles. The molecule has 0 amide bonds. The molecule has 0 saturated heterocycles. The maximum absolute atomic E-state index is 4.44. The van der Waals surface area contributed by atoms with E-state index in [-0.39, 0.29) is 0 Å². The summed E-state index contributed by atoms with van der Waals surface area (Å²) < 4.78 is 0. The molecule has 100 valence electrons. The molecule has 0 fully saturated rings. The Balaban J connectivity index is 1.70. The van der Waals surface area contributed by atoms with Gasteiger partial charge in [-0.25, -0.2) is 0 Å². The van der Waals surface area contributed by atoms with Crippen molar-refractivity contribution in [2.45, 2.75) is 13.3 Å². The first-order valence-corrected chi connectivity index (χ1v) is 6.81. The van der Waals surface area contributed by atoms with Crippen molar-refractivity contribution in [3.8, 4) is 0 Å². The molecule has 1 aliphatic rings. The Labute approximate surface area is 113 Å². The SMILES string of the molecule is Cc1[nH]c2ccccc2c1CCNC1=NCCN1C. The lowest BCUT2D eigenvalue weighted by Gasteiger charge is -2.15. The van der Waals surface area contributed by atoms with Crippen LogP contribution < -0.4 is 5.32 Å². The molecule has 0 spiro atoms. The molecule has 1 aliphatic heterocycles. The monoisotopic (exact) mass is 256 g/mol. The fourth-order valence-electron chi connectivity index (χ4n) is 2.68. The molecular weight excluding hydrogens is 236 g/mol.